The molecule has 0 aliphatic rings. The van der Waals surface area contributed by atoms with Crippen LogP contribution in [0.1, 0.15) is 66.0 Å². The number of hydrogen-bond donors (Lipinski definition) is 2. The van der Waals surface area contributed by atoms with Gasteiger partial charge in [-0.2, -0.15) is 0 Å². The number of ether oxygens (including phenoxy) is 2. The maximum absolute atomic E-state index is 12.0. The highest BCUT2D eigenvalue weighted by atomic mass is 16.5. The topological polar surface area (TPSA) is 93.1 Å². The summed E-state index contributed by atoms with van der Waals surface area (Å²) in [4.78, 5) is 24.0. The zero-order valence-corrected chi connectivity index (χ0v) is 18.7. The van der Waals surface area contributed by atoms with Gasteiger partial charge in [0.2, 0.25) is 0 Å². The molecule has 0 aromatic heterocycles. The van der Waals surface area contributed by atoms with E-state index in [9.17, 15) is 19.8 Å². The number of carbonyl (C=O) groups is 2. The van der Waals surface area contributed by atoms with E-state index in [4.69, 9.17) is 9.47 Å². The minimum absolute atomic E-state index is 0.310. The minimum atomic E-state index is -1.38. The third kappa shape index (κ3) is 7.99. The standard InChI is InChI=1S/C25H32O6/c1-24(2,28)22(26)20-10-6-18(7-11-20)16-30-14-5-15-31-17-19-8-12-21(13-9-19)23(27)25(3,4)29/h6-13,28-29H,5,14-17H2,1-4H3. The van der Waals surface area contributed by atoms with E-state index in [2.05, 4.69) is 0 Å². The molecule has 2 rings (SSSR count). The maximum atomic E-state index is 12.0. The van der Waals surface area contributed by atoms with Crippen LogP contribution >= 0.6 is 0 Å². The summed E-state index contributed by atoms with van der Waals surface area (Å²) in [7, 11) is 0. The van der Waals surface area contributed by atoms with E-state index in [1.807, 2.05) is 24.3 Å². The van der Waals surface area contributed by atoms with E-state index in [-0.39, 0.29) is 11.6 Å². The Labute approximate surface area is 183 Å². The number of Topliss-reactive ketones (excluding diaryl/α,β-unsaturated/α-hetero) is 2. The first-order valence-corrected chi connectivity index (χ1v) is 10.4. The Kier molecular flexibility index (Phi) is 8.65. The molecule has 0 fully saturated rings. The van der Waals surface area contributed by atoms with Crippen LogP contribution in [0.4, 0.5) is 0 Å². The SMILES string of the molecule is CC(C)(O)C(=O)c1ccc(COCCCOCc2ccc(C(=O)C(C)(C)O)cc2)cc1. The lowest BCUT2D eigenvalue weighted by atomic mass is 9.96. The van der Waals surface area contributed by atoms with Crippen molar-refractivity contribution in [2.75, 3.05) is 13.2 Å². The summed E-state index contributed by atoms with van der Waals surface area (Å²) in [5.41, 5.74) is 0.0915. The molecule has 0 heterocycles. The van der Waals surface area contributed by atoms with E-state index in [1.165, 1.54) is 27.7 Å². The maximum Gasteiger partial charge on any atom is 0.193 e. The Bertz CT molecular complexity index is 781. The van der Waals surface area contributed by atoms with Crippen LogP contribution in [0.2, 0.25) is 0 Å². The van der Waals surface area contributed by atoms with Crippen molar-refractivity contribution in [3.8, 4) is 0 Å². The van der Waals surface area contributed by atoms with Gasteiger partial charge in [0.25, 0.3) is 0 Å². The second-order valence-corrected chi connectivity index (χ2v) is 8.63. The van der Waals surface area contributed by atoms with Gasteiger partial charge in [0.05, 0.1) is 13.2 Å². The van der Waals surface area contributed by atoms with Gasteiger partial charge in [-0.3, -0.25) is 9.59 Å². The van der Waals surface area contributed by atoms with Crippen LogP contribution in [0.3, 0.4) is 0 Å². The van der Waals surface area contributed by atoms with Gasteiger partial charge in [-0.1, -0.05) is 48.5 Å². The molecule has 2 N–H and O–H groups in total. The van der Waals surface area contributed by atoms with Crippen LogP contribution in [0.5, 0.6) is 0 Å². The lowest BCUT2D eigenvalue weighted by Crippen LogP contribution is -2.31. The van der Waals surface area contributed by atoms with Crippen LogP contribution in [0, 0.1) is 0 Å². The van der Waals surface area contributed by atoms with E-state index in [0.717, 1.165) is 17.5 Å². The molecule has 31 heavy (non-hydrogen) atoms. The third-order valence-electron chi connectivity index (χ3n) is 4.66. The lowest BCUT2D eigenvalue weighted by Gasteiger charge is -2.15. The fourth-order valence-corrected chi connectivity index (χ4v) is 2.85. The van der Waals surface area contributed by atoms with Gasteiger partial charge >= 0.3 is 0 Å². The molecule has 0 bridgehead atoms. The highest BCUT2D eigenvalue weighted by Gasteiger charge is 2.25. The van der Waals surface area contributed by atoms with Gasteiger partial charge in [0.15, 0.2) is 11.6 Å². The number of carbonyl (C=O) groups excluding carboxylic acids is 2. The molecular formula is C25H32O6. The molecule has 6 heteroatoms. The van der Waals surface area contributed by atoms with Crippen LogP contribution < -0.4 is 0 Å². The predicted molar refractivity (Wildman–Crippen MR) is 118 cm³/mol. The zero-order chi connectivity index (χ0) is 23.1. The van der Waals surface area contributed by atoms with Crippen molar-refractivity contribution < 1.29 is 29.3 Å². The highest BCUT2D eigenvalue weighted by Crippen LogP contribution is 2.15. The van der Waals surface area contributed by atoms with Crippen molar-refractivity contribution in [3.05, 3.63) is 70.8 Å². The molecule has 0 atom stereocenters. The van der Waals surface area contributed by atoms with Gasteiger partial charge in [-0.15, -0.1) is 0 Å². The van der Waals surface area contributed by atoms with Crippen molar-refractivity contribution in [1.82, 2.24) is 0 Å². The Morgan fingerprint density at radius 3 is 1.29 bits per heavy atom. The van der Waals surface area contributed by atoms with Crippen LogP contribution in [0.25, 0.3) is 0 Å². The molecule has 0 unspecified atom stereocenters. The molecule has 0 aliphatic heterocycles. The second kappa shape index (κ2) is 10.8. The van der Waals surface area contributed by atoms with Crippen molar-refractivity contribution >= 4 is 11.6 Å². The summed E-state index contributed by atoms with van der Waals surface area (Å²) < 4.78 is 11.3. The van der Waals surface area contributed by atoms with Crippen molar-refractivity contribution in [2.24, 2.45) is 0 Å². The lowest BCUT2D eigenvalue weighted by molar-refractivity contribution is 0.0487. The number of ketones is 2. The van der Waals surface area contributed by atoms with Gasteiger partial charge in [-0.05, 0) is 45.2 Å². The quantitative estimate of drug-likeness (QED) is 0.395. The van der Waals surface area contributed by atoms with Gasteiger partial charge in [-0.25, -0.2) is 0 Å². The first-order valence-electron chi connectivity index (χ1n) is 10.4. The third-order valence-corrected chi connectivity index (χ3v) is 4.66. The molecule has 0 radical (unpaired) electrons. The molecule has 0 saturated heterocycles. The molecule has 0 aliphatic carbocycles. The average molecular weight is 429 g/mol. The summed E-state index contributed by atoms with van der Waals surface area (Å²) in [6, 6.07) is 14.1. The van der Waals surface area contributed by atoms with Crippen LogP contribution in [0.15, 0.2) is 48.5 Å². The predicted octanol–water partition coefficient (Wildman–Crippen LogP) is 3.72. The molecule has 2 aromatic rings. The van der Waals surface area contributed by atoms with Crippen molar-refractivity contribution in [2.45, 2.75) is 58.5 Å². The summed E-state index contributed by atoms with van der Waals surface area (Å²) in [6.07, 6.45) is 0.741. The van der Waals surface area contributed by atoms with Crippen LogP contribution in [-0.2, 0) is 22.7 Å². The highest BCUT2D eigenvalue weighted by molar-refractivity contribution is 6.02. The summed E-state index contributed by atoms with van der Waals surface area (Å²) in [5.74, 6) is -0.619. The van der Waals surface area contributed by atoms with E-state index < -0.39 is 11.2 Å². The van der Waals surface area contributed by atoms with E-state index in [1.54, 1.807) is 24.3 Å². The molecule has 0 amide bonds. The Hall–Kier alpha value is -2.38. The molecule has 6 nitrogen and oxygen atoms in total. The largest absolute Gasteiger partial charge is 0.382 e. The number of rotatable bonds is 12. The van der Waals surface area contributed by atoms with E-state index >= 15 is 0 Å². The first-order chi connectivity index (χ1) is 14.5. The van der Waals surface area contributed by atoms with Gasteiger partial charge < -0.3 is 19.7 Å². The summed E-state index contributed by atoms with van der Waals surface area (Å²) in [5, 5.41) is 19.6. The zero-order valence-electron chi connectivity index (χ0n) is 18.7. The molecule has 168 valence electrons. The van der Waals surface area contributed by atoms with Crippen molar-refractivity contribution in [3.63, 3.8) is 0 Å². The van der Waals surface area contributed by atoms with Gasteiger partial charge in [0.1, 0.15) is 11.2 Å². The van der Waals surface area contributed by atoms with Gasteiger partial charge in [0, 0.05) is 24.3 Å². The fourth-order valence-electron chi connectivity index (χ4n) is 2.85. The average Bonchev–Trinajstić information content (AvgIpc) is 2.71. The fraction of sp³-hybridized carbons (Fsp3) is 0.440. The normalized spacial score (nSPS) is 12.1. The monoisotopic (exact) mass is 428 g/mol. The second-order valence-electron chi connectivity index (χ2n) is 8.63. The Balaban J connectivity index is 1.64. The Morgan fingerprint density at radius 2 is 1.00 bits per heavy atom. The van der Waals surface area contributed by atoms with E-state index in [0.29, 0.717) is 37.6 Å². The number of benzene rings is 2. The minimum Gasteiger partial charge on any atom is -0.382 e. The molecular weight excluding hydrogens is 396 g/mol. The van der Waals surface area contributed by atoms with Crippen LogP contribution in [-0.4, -0.2) is 46.2 Å². The summed E-state index contributed by atoms with van der Waals surface area (Å²) in [6.45, 7) is 7.86. The summed E-state index contributed by atoms with van der Waals surface area (Å²) >= 11 is 0. The molecule has 0 spiro atoms. The number of aliphatic hydroxyl groups is 2. The van der Waals surface area contributed by atoms with Crippen molar-refractivity contribution in [1.29, 1.82) is 0 Å². The molecule has 0 saturated carbocycles. The smallest absolute Gasteiger partial charge is 0.193 e. The molecule has 2 aromatic carbocycles. The first kappa shape index (κ1) is 24.9. The number of hydrogen-bond acceptors (Lipinski definition) is 6. The Morgan fingerprint density at radius 1 is 0.677 bits per heavy atom.